The maximum absolute atomic E-state index is 12.1. The van der Waals surface area contributed by atoms with E-state index in [9.17, 15) is 4.79 Å². The van der Waals surface area contributed by atoms with Gasteiger partial charge in [-0.05, 0) is 61.4 Å². The SMILES string of the molecule is C[C@H](NC(=O)COc1ccc2c(c1)CCCC2)c1ccccc1. The van der Waals surface area contributed by atoms with Gasteiger partial charge in [-0.2, -0.15) is 0 Å². The zero-order valence-electron chi connectivity index (χ0n) is 13.5. The van der Waals surface area contributed by atoms with E-state index in [0.717, 1.165) is 24.2 Å². The van der Waals surface area contributed by atoms with Gasteiger partial charge in [-0.3, -0.25) is 4.79 Å². The maximum atomic E-state index is 12.1. The van der Waals surface area contributed by atoms with Crippen LogP contribution in [-0.4, -0.2) is 12.5 Å². The summed E-state index contributed by atoms with van der Waals surface area (Å²) >= 11 is 0. The van der Waals surface area contributed by atoms with Crippen LogP contribution in [0.5, 0.6) is 5.75 Å². The first-order valence-corrected chi connectivity index (χ1v) is 8.31. The molecule has 0 bridgehead atoms. The summed E-state index contributed by atoms with van der Waals surface area (Å²) in [4.78, 5) is 12.1. The van der Waals surface area contributed by atoms with Crippen molar-refractivity contribution in [3.05, 3.63) is 65.2 Å². The van der Waals surface area contributed by atoms with Crippen LogP contribution in [0.25, 0.3) is 0 Å². The molecule has 23 heavy (non-hydrogen) atoms. The van der Waals surface area contributed by atoms with Crippen LogP contribution in [0.15, 0.2) is 48.5 Å². The van der Waals surface area contributed by atoms with Crippen LogP contribution >= 0.6 is 0 Å². The van der Waals surface area contributed by atoms with Crippen molar-refractivity contribution in [2.45, 2.75) is 38.6 Å². The van der Waals surface area contributed by atoms with Crippen molar-refractivity contribution in [3.63, 3.8) is 0 Å². The summed E-state index contributed by atoms with van der Waals surface area (Å²) in [6, 6.07) is 16.1. The van der Waals surface area contributed by atoms with E-state index in [4.69, 9.17) is 4.74 Å². The fourth-order valence-corrected chi connectivity index (χ4v) is 3.06. The molecule has 0 unspecified atom stereocenters. The average Bonchev–Trinajstić information content (AvgIpc) is 2.60. The van der Waals surface area contributed by atoms with Crippen molar-refractivity contribution in [2.24, 2.45) is 0 Å². The Morgan fingerprint density at radius 3 is 2.61 bits per heavy atom. The zero-order chi connectivity index (χ0) is 16.1. The summed E-state index contributed by atoms with van der Waals surface area (Å²) in [5.41, 5.74) is 3.88. The van der Waals surface area contributed by atoms with Crippen LogP contribution in [-0.2, 0) is 17.6 Å². The third-order valence-electron chi connectivity index (χ3n) is 4.37. The molecule has 1 aliphatic carbocycles. The van der Waals surface area contributed by atoms with Gasteiger partial charge in [0.25, 0.3) is 5.91 Å². The van der Waals surface area contributed by atoms with E-state index < -0.39 is 0 Å². The van der Waals surface area contributed by atoms with Gasteiger partial charge in [-0.1, -0.05) is 36.4 Å². The number of ether oxygens (including phenoxy) is 1. The molecule has 2 aromatic carbocycles. The third kappa shape index (κ3) is 4.13. The van der Waals surface area contributed by atoms with Gasteiger partial charge in [0.2, 0.25) is 0 Å². The number of hydrogen-bond acceptors (Lipinski definition) is 2. The minimum atomic E-state index is -0.0981. The van der Waals surface area contributed by atoms with E-state index in [-0.39, 0.29) is 18.6 Å². The molecule has 1 amide bonds. The molecule has 0 fully saturated rings. The molecular formula is C20H23NO2. The van der Waals surface area contributed by atoms with Gasteiger partial charge in [0.05, 0.1) is 6.04 Å². The van der Waals surface area contributed by atoms with Gasteiger partial charge in [-0.15, -0.1) is 0 Å². The van der Waals surface area contributed by atoms with E-state index in [0.29, 0.717) is 0 Å². The Hall–Kier alpha value is -2.29. The van der Waals surface area contributed by atoms with Crippen LogP contribution in [0.1, 0.15) is 42.5 Å². The minimum absolute atomic E-state index is 0.0177. The summed E-state index contributed by atoms with van der Waals surface area (Å²) in [6.45, 7) is 2.03. The number of aryl methyl sites for hydroxylation is 2. The van der Waals surface area contributed by atoms with Gasteiger partial charge in [0.1, 0.15) is 5.75 Å². The first-order valence-electron chi connectivity index (χ1n) is 8.31. The van der Waals surface area contributed by atoms with Crippen LogP contribution in [0.4, 0.5) is 0 Å². The monoisotopic (exact) mass is 309 g/mol. The number of amides is 1. The lowest BCUT2D eigenvalue weighted by Gasteiger charge is -2.17. The summed E-state index contributed by atoms with van der Waals surface area (Å²) in [6.07, 6.45) is 4.78. The van der Waals surface area contributed by atoms with Crippen molar-refractivity contribution in [1.82, 2.24) is 5.32 Å². The summed E-state index contributed by atoms with van der Waals surface area (Å²) < 4.78 is 5.66. The molecule has 120 valence electrons. The molecule has 0 heterocycles. The molecule has 1 atom stereocenters. The van der Waals surface area contributed by atoms with Crippen molar-refractivity contribution in [3.8, 4) is 5.75 Å². The van der Waals surface area contributed by atoms with Gasteiger partial charge < -0.3 is 10.1 Å². The molecule has 1 N–H and O–H groups in total. The quantitative estimate of drug-likeness (QED) is 0.912. The van der Waals surface area contributed by atoms with Crippen molar-refractivity contribution in [2.75, 3.05) is 6.61 Å². The molecule has 0 spiro atoms. The molecule has 2 aromatic rings. The Morgan fingerprint density at radius 1 is 1.09 bits per heavy atom. The zero-order valence-corrected chi connectivity index (χ0v) is 13.5. The Balaban J connectivity index is 1.53. The van der Waals surface area contributed by atoms with Crippen molar-refractivity contribution < 1.29 is 9.53 Å². The van der Waals surface area contributed by atoms with E-state index >= 15 is 0 Å². The lowest BCUT2D eigenvalue weighted by molar-refractivity contribution is -0.123. The number of rotatable bonds is 5. The Labute approximate surface area is 137 Å². The first-order chi connectivity index (χ1) is 11.2. The lowest BCUT2D eigenvalue weighted by atomic mass is 9.92. The van der Waals surface area contributed by atoms with Crippen LogP contribution < -0.4 is 10.1 Å². The normalized spacial score (nSPS) is 14.7. The Morgan fingerprint density at radius 2 is 1.83 bits per heavy atom. The van der Waals surface area contributed by atoms with Gasteiger partial charge >= 0.3 is 0 Å². The fraction of sp³-hybridized carbons (Fsp3) is 0.350. The lowest BCUT2D eigenvalue weighted by Crippen LogP contribution is -2.31. The van der Waals surface area contributed by atoms with Gasteiger partial charge in [0.15, 0.2) is 6.61 Å². The molecule has 3 rings (SSSR count). The molecule has 1 aliphatic rings. The van der Waals surface area contributed by atoms with Gasteiger partial charge in [0, 0.05) is 0 Å². The number of carbonyl (C=O) groups excluding carboxylic acids is 1. The molecular weight excluding hydrogens is 286 g/mol. The topological polar surface area (TPSA) is 38.3 Å². The van der Waals surface area contributed by atoms with Crippen molar-refractivity contribution >= 4 is 5.91 Å². The van der Waals surface area contributed by atoms with E-state index in [2.05, 4.69) is 17.4 Å². The fourth-order valence-electron chi connectivity index (χ4n) is 3.06. The smallest absolute Gasteiger partial charge is 0.258 e. The number of hydrogen-bond donors (Lipinski definition) is 1. The maximum Gasteiger partial charge on any atom is 0.258 e. The highest BCUT2D eigenvalue weighted by Gasteiger charge is 2.12. The van der Waals surface area contributed by atoms with Crippen LogP contribution in [0.3, 0.4) is 0 Å². The van der Waals surface area contributed by atoms with Gasteiger partial charge in [-0.25, -0.2) is 0 Å². The summed E-state index contributed by atoms with van der Waals surface area (Å²) in [5.74, 6) is 0.687. The Kier molecular flexibility index (Phi) is 4.96. The standard InChI is InChI=1S/C20H23NO2/c1-15(16-7-3-2-4-8-16)21-20(22)14-23-19-12-11-17-9-5-6-10-18(17)13-19/h2-4,7-8,11-13,15H,5-6,9-10,14H2,1H3,(H,21,22)/t15-/m0/s1. The predicted octanol–water partition coefficient (Wildman–Crippen LogP) is 3.82. The highest BCUT2D eigenvalue weighted by atomic mass is 16.5. The second-order valence-corrected chi connectivity index (χ2v) is 6.13. The molecule has 0 radical (unpaired) electrons. The number of benzene rings is 2. The first kappa shape index (κ1) is 15.6. The van der Waals surface area contributed by atoms with Crippen molar-refractivity contribution in [1.29, 1.82) is 0 Å². The largest absolute Gasteiger partial charge is 0.484 e. The van der Waals surface area contributed by atoms with Crippen LogP contribution in [0, 0.1) is 0 Å². The summed E-state index contributed by atoms with van der Waals surface area (Å²) in [5, 5.41) is 2.96. The number of nitrogens with one attached hydrogen (secondary N) is 1. The van der Waals surface area contributed by atoms with Crippen LogP contribution in [0.2, 0.25) is 0 Å². The second kappa shape index (κ2) is 7.32. The molecule has 0 saturated heterocycles. The summed E-state index contributed by atoms with van der Waals surface area (Å²) in [7, 11) is 0. The van der Waals surface area contributed by atoms with E-state index in [1.807, 2.05) is 43.3 Å². The molecule has 0 aliphatic heterocycles. The Bertz CT molecular complexity index is 667. The number of fused-ring (bicyclic) bond motifs is 1. The predicted molar refractivity (Wildman–Crippen MR) is 91.6 cm³/mol. The molecule has 3 heteroatoms. The molecule has 3 nitrogen and oxygen atoms in total. The molecule has 0 saturated carbocycles. The second-order valence-electron chi connectivity index (χ2n) is 6.13. The van der Waals surface area contributed by atoms with E-state index in [1.165, 1.54) is 24.0 Å². The molecule has 0 aromatic heterocycles. The van der Waals surface area contributed by atoms with E-state index in [1.54, 1.807) is 0 Å². The minimum Gasteiger partial charge on any atom is -0.484 e. The highest BCUT2D eigenvalue weighted by molar-refractivity contribution is 5.78. The number of carbonyl (C=O) groups is 1. The average molecular weight is 309 g/mol. The third-order valence-corrected chi connectivity index (χ3v) is 4.37. The highest BCUT2D eigenvalue weighted by Crippen LogP contribution is 2.25.